The van der Waals surface area contributed by atoms with Crippen LogP contribution in [0.25, 0.3) is 99.2 Å². The Morgan fingerprint density at radius 2 is 0.803 bits per heavy atom. The van der Waals surface area contributed by atoms with E-state index in [1.807, 2.05) is 24.3 Å². The van der Waals surface area contributed by atoms with E-state index in [0.29, 0.717) is 0 Å². The van der Waals surface area contributed by atoms with E-state index in [1.54, 1.807) is 0 Å². The van der Waals surface area contributed by atoms with Crippen molar-refractivity contribution >= 4 is 71.7 Å². The van der Waals surface area contributed by atoms with Crippen LogP contribution in [0.3, 0.4) is 0 Å². The van der Waals surface area contributed by atoms with Crippen molar-refractivity contribution in [3.8, 4) is 44.5 Å². The summed E-state index contributed by atoms with van der Waals surface area (Å²) in [5.74, 6) is 0. The molecule has 0 saturated heterocycles. The molecule has 0 bridgehead atoms. The number of hydrogen-bond donors (Lipinski definition) is 0. The molecule has 12 aromatic rings. The summed E-state index contributed by atoms with van der Waals surface area (Å²) in [6.07, 6.45) is 0. The van der Waals surface area contributed by atoms with Gasteiger partial charge < -0.3 is 13.7 Å². The largest absolute Gasteiger partial charge is 0.456 e. The number of anilines is 3. The van der Waals surface area contributed by atoms with E-state index in [4.69, 9.17) is 8.83 Å². The quantitative estimate of drug-likeness (QED) is 0.161. The number of furan rings is 2. The number of benzene rings is 10. The molecule has 0 spiro atoms. The summed E-state index contributed by atoms with van der Waals surface area (Å²) in [6.45, 7) is 0. The highest BCUT2D eigenvalue weighted by Gasteiger charge is 2.23. The molecule has 3 heteroatoms. The van der Waals surface area contributed by atoms with E-state index >= 15 is 0 Å². The second-order valence-corrected chi connectivity index (χ2v) is 15.6. The highest BCUT2D eigenvalue weighted by molar-refractivity contribution is 6.08. The van der Waals surface area contributed by atoms with Gasteiger partial charge in [0.2, 0.25) is 0 Å². The van der Waals surface area contributed by atoms with Gasteiger partial charge in [0, 0.05) is 38.5 Å². The zero-order valence-electron chi connectivity index (χ0n) is 33.1. The number of hydrogen-bond acceptors (Lipinski definition) is 3. The van der Waals surface area contributed by atoms with Crippen molar-refractivity contribution in [1.29, 1.82) is 0 Å². The molecule has 3 nitrogen and oxygen atoms in total. The van der Waals surface area contributed by atoms with Gasteiger partial charge in [0.05, 0.1) is 5.69 Å². The highest BCUT2D eigenvalue weighted by atomic mass is 16.3. The summed E-state index contributed by atoms with van der Waals surface area (Å²) in [4.78, 5) is 2.41. The average Bonchev–Trinajstić information content (AvgIpc) is 3.90. The third-order valence-electron chi connectivity index (χ3n) is 12.1. The van der Waals surface area contributed by atoms with Gasteiger partial charge in [-0.2, -0.15) is 0 Å². The number of fused-ring (bicyclic) bond motifs is 7. The predicted molar refractivity (Wildman–Crippen MR) is 255 cm³/mol. The Kier molecular flexibility index (Phi) is 8.17. The van der Waals surface area contributed by atoms with Crippen molar-refractivity contribution in [3.05, 3.63) is 224 Å². The fourth-order valence-corrected chi connectivity index (χ4v) is 9.17. The molecule has 0 aliphatic rings. The van der Waals surface area contributed by atoms with Crippen LogP contribution in [0.15, 0.2) is 233 Å². The van der Waals surface area contributed by atoms with Crippen LogP contribution in [0.5, 0.6) is 0 Å². The molecule has 0 unspecified atom stereocenters. The highest BCUT2D eigenvalue weighted by Crippen LogP contribution is 2.48. The van der Waals surface area contributed by atoms with Crippen LogP contribution in [0.2, 0.25) is 0 Å². The first-order chi connectivity index (χ1) is 30.2. The molecular weight excluding hydrogens is 743 g/mol. The van der Waals surface area contributed by atoms with Crippen LogP contribution in [-0.4, -0.2) is 0 Å². The number of para-hydroxylation sites is 2. The van der Waals surface area contributed by atoms with Crippen molar-refractivity contribution in [2.45, 2.75) is 0 Å². The van der Waals surface area contributed by atoms with Crippen LogP contribution in [0.4, 0.5) is 17.1 Å². The topological polar surface area (TPSA) is 29.5 Å². The van der Waals surface area contributed by atoms with E-state index in [2.05, 4.69) is 205 Å². The third-order valence-corrected chi connectivity index (χ3v) is 12.1. The van der Waals surface area contributed by atoms with Crippen molar-refractivity contribution in [3.63, 3.8) is 0 Å². The second kappa shape index (κ2) is 14.3. The molecular formula is C58H37NO2. The van der Waals surface area contributed by atoms with Crippen LogP contribution in [0, 0.1) is 0 Å². The van der Waals surface area contributed by atoms with Crippen LogP contribution >= 0.6 is 0 Å². The Morgan fingerprint density at radius 1 is 0.279 bits per heavy atom. The third kappa shape index (κ3) is 5.98. The van der Waals surface area contributed by atoms with Gasteiger partial charge in [-0.25, -0.2) is 0 Å². The summed E-state index contributed by atoms with van der Waals surface area (Å²) in [7, 11) is 0. The Balaban J connectivity index is 1.08. The van der Waals surface area contributed by atoms with Gasteiger partial charge in [-0.15, -0.1) is 0 Å². The lowest BCUT2D eigenvalue weighted by molar-refractivity contribution is 0.668. The molecule has 0 saturated carbocycles. The predicted octanol–water partition coefficient (Wildman–Crippen LogP) is 16.8. The van der Waals surface area contributed by atoms with E-state index in [0.717, 1.165) is 94.3 Å². The van der Waals surface area contributed by atoms with Gasteiger partial charge in [0.1, 0.15) is 22.3 Å². The zero-order valence-corrected chi connectivity index (χ0v) is 33.1. The molecule has 0 atom stereocenters. The Hall–Kier alpha value is -8.14. The SMILES string of the molecule is c1ccc(-c2cccc(N(c3ccc(-c4ccc5c(c4)oc4ccccc45)cc3)c3ccc4cccc(-c5ccccc5)c4c3)c2-c2ccc3c(c2)oc2ccccc23)cc1. The fraction of sp³-hybridized carbons (Fsp3) is 0. The van der Waals surface area contributed by atoms with Gasteiger partial charge >= 0.3 is 0 Å². The molecule has 2 aromatic heterocycles. The van der Waals surface area contributed by atoms with E-state index in [9.17, 15) is 0 Å². The normalized spacial score (nSPS) is 11.6. The molecule has 61 heavy (non-hydrogen) atoms. The summed E-state index contributed by atoms with van der Waals surface area (Å²) in [5, 5.41) is 6.86. The maximum Gasteiger partial charge on any atom is 0.136 e. The average molecular weight is 780 g/mol. The monoisotopic (exact) mass is 779 g/mol. The number of rotatable bonds is 7. The van der Waals surface area contributed by atoms with Gasteiger partial charge in [-0.3, -0.25) is 0 Å². The first-order valence-corrected chi connectivity index (χ1v) is 20.7. The van der Waals surface area contributed by atoms with Crippen LogP contribution in [-0.2, 0) is 0 Å². The van der Waals surface area contributed by atoms with Crippen LogP contribution in [0.1, 0.15) is 0 Å². The van der Waals surface area contributed by atoms with Gasteiger partial charge in [-0.05, 0) is 116 Å². The van der Waals surface area contributed by atoms with Crippen molar-refractivity contribution in [2.24, 2.45) is 0 Å². The Morgan fingerprint density at radius 3 is 1.49 bits per heavy atom. The van der Waals surface area contributed by atoms with Crippen LogP contribution < -0.4 is 4.90 Å². The van der Waals surface area contributed by atoms with Crippen molar-refractivity contribution in [1.82, 2.24) is 0 Å². The maximum absolute atomic E-state index is 6.51. The molecule has 0 aliphatic carbocycles. The first kappa shape index (κ1) is 34.9. The minimum atomic E-state index is 0.864. The smallest absolute Gasteiger partial charge is 0.136 e. The molecule has 2 heterocycles. The lowest BCUT2D eigenvalue weighted by atomic mass is 9.91. The molecule has 0 aliphatic heterocycles. The lowest BCUT2D eigenvalue weighted by Crippen LogP contribution is -2.12. The van der Waals surface area contributed by atoms with E-state index < -0.39 is 0 Å². The molecule has 0 fully saturated rings. The summed E-state index contributed by atoms with van der Waals surface area (Å²) < 4.78 is 12.8. The molecule has 0 amide bonds. The maximum atomic E-state index is 6.51. The summed E-state index contributed by atoms with van der Waals surface area (Å²) in [5.41, 5.74) is 15.8. The van der Waals surface area contributed by atoms with Crippen molar-refractivity contribution in [2.75, 3.05) is 4.90 Å². The summed E-state index contributed by atoms with van der Waals surface area (Å²) >= 11 is 0. The molecule has 10 aromatic carbocycles. The molecule has 0 N–H and O–H groups in total. The minimum absolute atomic E-state index is 0.864. The zero-order chi connectivity index (χ0) is 40.3. The molecule has 0 radical (unpaired) electrons. The first-order valence-electron chi connectivity index (χ1n) is 20.7. The standard InChI is InChI=1S/C58H37NO2/c1-3-13-39(14-4-1)46-20-11-17-41-27-32-45(37-52(41)46)59(44-30-25-38(26-31-44)42-28-33-50-48-18-7-9-23-54(48)60-56(50)35-42)53-22-12-21-47(40-15-5-2-6-16-40)58(53)43-29-34-51-49-19-8-10-24-55(49)61-57(51)36-43/h1-37H. The fourth-order valence-electron chi connectivity index (χ4n) is 9.17. The van der Waals surface area contributed by atoms with E-state index in [-0.39, 0.29) is 0 Å². The van der Waals surface area contributed by atoms with Gasteiger partial charge in [-0.1, -0.05) is 158 Å². The Labute approximate surface area is 353 Å². The molecule has 286 valence electrons. The molecule has 12 rings (SSSR count). The summed E-state index contributed by atoms with van der Waals surface area (Å²) in [6, 6.07) is 80.1. The minimum Gasteiger partial charge on any atom is -0.456 e. The number of nitrogens with zero attached hydrogens (tertiary/aromatic N) is 1. The Bertz CT molecular complexity index is 3580. The van der Waals surface area contributed by atoms with Gasteiger partial charge in [0.25, 0.3) is 0 Å². The van der Waals surface area contributed by atoms with E-state index in [1.165, 1.54) is 21.9 Å². The van der Waals surface area contributed by atoms with Crippen molar-refractivity contribution < 1.29 is 8.83 Å². The second-order valence-electron chi connectivity index (χ2n) is 15.6. The lowest BCUT2D eigenvalue weighted by Gasteiger charge is -2.30. The van der Waals surface area contributed by atoms with Gasteiger partial charge in [0.15, 0.2) is 0 Å².